The summed E-state index contributed by atoms with van der Waals surface area (Å²) in [6.45, 7) is 3.21. The molecule has 0 aliphatic carbocycles. The van der Waals surface area contributed by atoms with Crippen molar-refractivity contribution in [2.24, 2.45) is 11.5 Å². The minimum atomic E-state index is -0.900. The van der Waals surface area contributed by atoms with Crippen LogP contribution in [0.1, 0.15) is 26.7 Å². The van der Waals surface area contributed by atoms with E-state index in [-0.39, 0.29) is 5.78 Å². The number of ketones is 1. The van der Waals surface area contributed by atoms with Crippen LogP contribution < -0.4 is 11.5 Å². The van der Waals surface area contributed by atoms with Gasteiger partial charge in [0.2, 0.25) is 0 Å². The van der Waals surface area contributed by atoms with Gasteiger partial charge in [0.1, 0.15) is 6.29 Å². The Morgan fingerprint density at radius 1 is 1.58 bits per heavy atom. The standard InChI is InChI=1S/C8H16N2O2/c1-8(2,10)7(12)6(9)4-3-5-11/h5-6H,3-4,9-10H2,1-2H3. The molecule has 0 saturated heterocycles. The molecule has 70 valence electrons. The van der Waals surface area contributed by atoms with Crippen LogP contribution in [-0.2, 0) is 9.59 Å². The Morgan fingerprint density at radius 2 is 2.08 bits per heavy atom. The number of nitrogens with two attached hydrogens (primary N) is 2. The van der Waals surface area contributed by atoms with E-state index in [1.807, 2.05) is 0 Å². The minimum Gasteiger partial charge on any atom is -0.321 e. The zero-order chi connectivity index (χ0) is 9.78. The molecule has 1 atom stereocenters. The van der Waals surface area contributed by atoms with Gasteiger partial charge in [0, 0.05) is 6.42 Å². The van der Waals surface area contributed by atoms with Gasteiger partial charge in [-0.15, -0.1) is 0 Å². The molecule has 0 aliphatic rings. The fourth-order valence-electron chi connectivity index (χ4n) is 0.857. The van der Waals surface area contributed by atoms with Crippen LogP contribution in [0.4, 0.5) is 0 Å². The van der Waals surface area contributed by atoms with E-state index in [0.29, 0.717) is 12.8 Å². The van der Waals surface area contributed by atoms with E-state index in [2.05, 4.69) is 0 Å². The molecule has 0 aromatic heterocycles. The lowest BCUT2D eigenvalue weighted by Crippen LogP contribution is -2.50. The number of carbonyl (C=O) groups is 2. The maximum absolute atomic E-state index is 11.3. The first-order valence-electron chi connectivity index (χ1n) is 3.92. The second kappa shape index (κ2) is 4.33. The van der Waals surface area contributed by atoms with Crippen molar-refractivity contribution in [2.45, 2.75) is 38.3 Å². The number of rotatable bonds is 5. The molecule has 0 aromatic carbocycles. The Balaban J connectivity index is 4.02. The number of hydrogen-bond donors (Lipinski definition) is 2. The maximum atomic E-state index is 11.3. The molecule has 0 saturated carbocycles. The van der Waals surface area contributed by atoms with Crippen LogP contribution in [0.25, 0.3) is 0 Å². The summed E-state index contributed by atoms with van der Waals surface area (Å²) in [4.78, 5) is 21.3. The van der Waals surface area contributed by atoms with E-state index >= 15 is 0 Å². The van der Waals surface area contributed by atoms with Gasteiger partial charge in [0.25, 0.3) is 0 Å². The second-order valence-corrected chi connectivity index (χ2v) is 3.44. The molecule has 0 amide bonds. The molecule has 0 aliphatic heterocycles. The van der Waals surface area contributed by atoms with Crippen LogP contribution in [0.2, 0.25) is 0 Å². The van der Waals surface area contributed by atoms with E-state index in [1.54, 1.807) is 13.8 Å². The van der Waals surface area contributed by atoms with Gasteiger partial charge in [-0.3, -0.25) is 4.79 Å². The van der Waals surface area contributed by atoms with Crippen LogP contribution in [0.5, 0.6) is 0 Å². The van der Waals surface area contributed by atoms with Gasteiger partial charge in [-0.05, 0) is 20.3 Å². The number of hydrogen-bond acceptors (Lipinski definition) is 4. The first-order chi connectivity index (χ1) is 5.39. The average Bonchev–Trinajstić information content (AvgIpc) is 1.97. The first-order valence-corrected chi connectivity index (χ1v) is 3.92. The van der Waals surface area contributed by atoms with Gasteiger partial charge in [0.05, 0.1) is 11.6 Å². The van der Waals surface area contributed by atoms with Crippen LogP contribution in [0, 0.1) is 0 Å². The molecule has 0 heterocycles. The molecule has 12 heavy (non-hydrogen) atoms. The van der Waals surface area contributed by atoms with Gasteiger partial charge < -0.3 is 16.3 Å². The average molecular weight is 172 g/mol. The van der Waals surface area contributed by atoms with Crippen molar-refractivity contribution < 1.29 is 9.59 Å². The molecule has 0 spiro atoms. The highest BCUT2D eigenvalue weighted by atomic mass is 16.1. The lowest BCUT2D eigenvalue weighted by atomic mass is 9.93. The summed E-state index contributed by atoms with van der Waals surface area (Å²) in [6.07, 6.45) is 1.43. The van der Waals surface area contributed by atoms with E-state index in [9.17, 15) is 9.59 Å². The molecule has 0 fully saturated rings. The van der Waals surface area contributed by atoms with Crippen LogP contribution in [-0.4, -0.2) is 23.7 Å². The van der Waals surface area contributed by atoms with Gasteiger partial charge in [-0.2, -0.15) is 0 Å². The van der Waals surface area contributed by atoms with Crippen molar-refractivity contribution >= 4 is 12.1 Å². The summed E-state index contributed by atoms with van der Waals surface area (Å²) < 4.78 is 0. The maximum Gasteiger partial charge on any atom is 0.168 e. The fraction of sp³-hybridized carbons (Fsp3) is 0.750. The first kappa shape index (κ1) is 11.3. The molecule has 1 unspecified atom stereocenters. The predicted molar refractivity (Wildman–Crippen MR) is 46.5 cm³/mol. The Bertz CT molecular complexity index is 172. The summed E-state index contributed by atoms with van der Waals surface area (Å²) in [5.41, 5.74) is 10.1. The summed E-state index contributed by atoms with van der Waals surface area (Å²) in [5, 5.41) is 0. The van der Waals surface area contributed by atoms with E-state index in [4.69, 9.17) is 11.5 Å². The van der Waals surface area contributed by atoms with Gasteiger partial charge in [0.15, 0.2) is 5.78 Å². The quantitative estimate of drug-likeness (QED) is 0.552. The lowest BCUT2D eigenvalue weighted by molar-refractivity contribution is -0.124. The number of Topliss-reactive ketones (excluding diaryl/α,β-unsaturated/α-hetero) is 1. The van der Waals surface area contributed by atoms with Crippen LogP contribution in [0.3, 0.4) is 0 Å². The van der Waals surface area contributed by atoms with Crippen LogP contribution in [0.15, 0.2) is 0 Å². The number of carbonyl (C=O) groups excluding carboxylic acids is 2. The Kier molecular flexibility index (Phi) is 4.06. The minimum absolute atomic E-state index is 0.204. The highest BCUT2D eigenvalue weighted by Crippen LogP contribution is 2.05. The Labute approximate surface area is 72.3 Å². The monoisotopic (exact) mass is 172 g/mol. The molecule has 0 aromatic rings. The smallest absolute Gasteiger partial charge is 0.168 e. The van der Waals surface area contributed by atoms with E-state index in [1.165, 1.54) is 0 Å². The summed E-state index contributed by atoms with van der Waals surface area (Å²) >= 11 is 0. The summed E-state index contributed by atoms with van der Waals surface area (Å²) in [6, 6.07) is -0.616. The molecular formula is C8H16N2O2. The molecule has 0 rings (SSSR count). The highest BCUT2D eigenvalue weighted by molar-refractivity contribution is 5.91. The molecule has 0 bridgehead atoms. The predicted octanol–water partition coefficient (Wildman–Crippen LogP) is -0.401. The molecule has 0 radical (unpaired) electrons. The van der Waals surface area contributed by atoms with E-state index in [0.717, 1.165) is 6.29 Å². The summed E-state index contributed by atoms with van der Waals surface area (Å²) in [5.74, 6) is -0.204. The van der Waals surface area contributed by atoms with E-state index < -0.39 is 11.6 Å². The Hall–Kier alpha value is -0.740. The SMILES string of the molecule is CC(C)(N)C(=O)C(N)CCC=O. The lowest BCUT2D eigenvalue weighted by Gasteiger charge is -2.20. The second-order valence-electron chi connectivity index (χ2n) is 3.44. The highest BCUT2D eigenvalue weighted by Gasteiger charge is 2.26. The molecule has 4 heteroatoms. The van der Waals surface area contributed by atoms with Crippen molar-refractivity contribution in [3.05, 3.63) is 0 Å². The molecular weight excluding hydrogens is 156 g/mol. The number of aldehydes is 1. The topological polar surface area (TPSA) is 86.2 Å². The van der Waals surface area contributed by atoms with Gasteiger partial charge >= 0.3 is 0 Å². The van der Waals surface area contributed by atoms with Crippen LogP contribution >= 0.6 is 0 Å². The largest absolute Gasteiger partial charge is 0.321 e. The summed E-state index contributed by atoms with van der Waals surface area (Å²) in [7, 11) is 0. The van der Waals surface area contributed by atoms with Crippen molar-refractivity contribution in [2.75, 3.05) is 0 Å². The zero-order valence-corrected chi connectivity index (χ0v) is 7.54. The van der Waals surface area contributed by atoms with Crippen molar-refractivity contribution in [1.82, 2.24) is 0 Å². The van der Waals surface area contributed by atoms with Crippen molar-refractivity contribution in [3.8, 4) is 0 Å². The third-order valence-corrected chi connectivity index (χ3v) is 1.57. The fourth-order valence-corrected chi connectivity index (χ4v) is 0.857. The van der Waals surface area contributed by atoms with Crippen molar-refractivity contribution in [3.63, 3.8) is 0 Å². The van der Waals surface area contributed by atoms with Gasteiger partial charge in [-0.25, -0.2) is 0 Å². The normalized spacial score (nSPS) is 14.0. The zero-order valence-electron chi connectivity index (χ0n) is 7.54. The third-order valence-electron chi connectivity index (χ3n) is 1.57. The molecule has 4 N–H and O–H groups in total. The Morgan fingerprint density at radius 3 is 2.42 bits per heavy atom. The molecule has 4 nitrogen and oxygen atoms in total. The third kappa shape index (κ3) is 3.59. The van der Waals surface area contributed by atoms with Crippen molar-refractivity contribution in [1.29, 1.82) is 0 Å². The van der Waals surface area contributed by atoms with Gasteiger partial charge in [-0.1, -0.05) is 0 Å².